The van der Waals surface area contributed by atoms with Crippen LogP contribution in [-0.2, 0) is 4.74 Å². The van der Waals surface area contributed by atoms with Crippen molar-refractivity contribution in [3.05, 3.63) is 45.4 Å². The van der Waals surface area contributed by atoms with Crippen LogP contribution in [0.15, 0.2) is 22.8 Å². The van der Waals surface area contributed by atoms with E-state index in [0.29, 0.717) is 0 Å². The molecule has 0 radical (unpaired) electrons. The predicted molar refractivity (Wildman–Crippen MR) is 78.6 cm³/mol. The second-order valence-electron chi connectivity index (χ2n) is 4.17. The molecule has 0 saturated carbocycles. The highest BCUT2D eigenvalue weighted by atomic mass is 79.9. The minimum Gasteiger partial charge on any atom is -0.464 e. The van der Waals surface area contributed by atoms with E-state index < -0.39 is 11.8 Å². The van der Waals surface area contributed by atoms with Gasteiger partial charge in [-0.25, -0.2) is 9.18 Å². The van der Waals surface area contributed by atoms with Crippen LogP contribution in [-0.4, -0.2) is 17.6 Å². The lowest BCUT2D eigenvalue weighted by Crippen LogP contribution is -2.12. The topological polar surface area (TPSA) is 105 Å². The molecule has 110 valence electrons. The Hall–Kier alpha value is -2.84. The number of anilines is 1. The van der Waals surface area contributed by atoms with Crippen LogP contribution in [0.2, 0.25) is 0 Å². The molecule has 2 rings (SSSR count). The van der Waals surface area contributed by atoms with Gasteiger partial charge in [-0.05, 0) is 22.0 Å². The fourth-order valence-corrected chi connectivity index (χ4v) is 2.27. The lowest BCUT2D eigenvalue weighted by Gasteiger charge is -2.11. The van der Waals surface area contributed by atoms with E-state index in [1.54, 1.807) is 0 Å². The van der Waals surface area contributed by atoms with Crippen molar-refractivity contribution in [1.82, 2.24) is 4.57 Å². The number of benzene rings is 1. The number of hydrogen-bond donors (Lipinski definition) is 1. The molecule has 1 heterocycles. The summed E-state index contributed by atoms with van der Waals surface area (Å²) in [6.07, 6.45) is 1.26. The average molecular weight is 363 g/mol. The summed E-state index contributed by atoms with van der Waals surface area (Å²) in [7, 11) is 1.15. The maximum absolute atomic E-state index is 13.8. The Balaban J connectivity index is 2.84. The molecule has 2 N–H and O–H groups in total. The molecule has 6 nitrogen and oxygen atoms in total. The molecule has 0 aliphatic rings. The monoisotopic (exact) mass is 362 g/mol. The van der Waals surface area contributed by atoms with Gasteiger partial charge in [-0.3, -0.25) is 0 Å². The number of carbonyl (C=O) groups is 1. The highest BCUT2D eigenvalue weighted by Crippen LogP contribution is 2.29. The van der Waals surface area contributed by atoms with Gasteiger partial charge in [0.25, 0.3) is 0 Å². The Morgan fingerprint density at radius 3 is 2.55 bits per heavy atom. The molecule has 0 amide bonds. The van der Waals surface area contributed by atoms with Gasteiger partial charge in [0.2, 0.25) is 0 Å². The summed E-state index contributed by atoms with van der Waals surface area (Å²) in [5.74, 6) is -1.43. The van der Waals surface area contributed by atoms with Crippen LogP contribution in [0.25, 0.3) is 5.69 Å². The number of carbonyl (C=O) groups excluding carboxylic acids is 1. The van der Waals surface area contributed by atoms with E-state index >= 15 is 0 Å². The SMILES string of the molecule is COC(=O)c1c(N)c(C#N)cn1-c1cc(F)c(Br)cc1C#N. The summed E-state index contributed by atoms with van der Waals surface area (Å²) < 4.78 is 19.7. The van der Waals surface area contributed by atoms with Gasteiger partial charge in [0.15, 0.2) is 5.69 Å². The number of nitriles is 2. The quantitative estimate of drug-likeness (QED) is 0.826. The number of rotatable bonds is 2. The standard InChI is InChI=1S/C14H8BrFN4O2/c1-22-14(21)13-12(19)8(5-18)6-20(13)11-3-10(16)9(15)2-7(11)4-17/h2-3,6H,19H2,1H3. The van der Waals surface area contributed by atoms with Crippen molar-refractivity contribution in [3.63, 3.8) is 0 Å². The zero-order valence-corrected chi connectivity index (χ0v) is 12.8. The van der Waals surface area contributed by atoms with Gasteiger partial charge in [0, 0.05) is 12.3 Å². The maximum Gasteiger partial charge on any atom is 0.357 e. The number of methoxy groups -OCH3 is 1. The Morgan fingerprint density at radius 2 is 2.00 bits per heavy atom. The Labute approximate surface area is 133 Å². The first-order chi connectivity index (χ1) is 10.4. The molecule has 0 bridgehead atoms. The molecule has 2 aromatic rings. The molecule has 0 aliphatic heterocycles. The third-order valence-corrected chi connectivity index (χ3v) is 3.57. The van der Waals surface area contributed by atoms with E-state index in [2.05, 4.69) is 20.7 Å². The number of aromatic nitrogens is 1. The van der Waals surface area contributed by atoms with E-state index in [-0.39, 0.29) is 32.7 Å². The van der Waals surface area contributed by atoms with Crippen LogP contribution < -0.4 is 5.73 Å². The first kappa shape index (κ1) is 15.5. The van der Waals surface area contributed by atoms with Crippen molar-refractivity contribution in [1.29, 1.82) is 10.5 Å². The maximum atomic E-state index is 13.8. The summed E-state index contributed by atoms with van der Waals surface area (Å²) in [4.78, 5) is 11.9. The molecule has 1 aromatic heterocycles. The van der Waals surface area contributed by atoms with Gasteiger partial charge >= 0.3 is 5.97 Å². The number of nitrogen functional groups attached to an aromatic ring is 1. The largest absolute Gasteiger partial charge is 0.464 e. The van der Waals surface area contributed by atoms with Crippen LogP contribution in [0.4, 0.5) is 10.1 Å². The van der Waals surface area contributed by atoms with Crippen LogP contribution in [0, 0.1) is 28.5 Å². The summed E-state index contributed by atoms with van der Waals surface area (Å²) in [6, 6.07) is 6.07. The van der Waals surface area contributed by atoms with E-state index in [4.69, 9.17) is 11.0 Å². The first-order valence-corrected chi connectivity index (χ1v) is 6.62. The van der Waals surface area contributed by atoms with Crippen LogP contribution in [0.1, 0.15) is 21.6 Å². The highest BCUT2D eigenvalue weighted by molar-refractivity contribution is 9.10. The Kier molecular flexibility index (Phi) is 4.15. The molecule has 0 fully saturated rings. The second-order valence-corrected chi connectivity index (χ2v) is 5.03. The van der Waals surface area contributed by atoms with Crippen molar-refractivity contribution >= 4 is 27.6 Å². The molecule has 1 aromatic carbocycles. The number of nitrogens with two attached hydrogens (primary N) is 1. The average Bonchev–Trinajstić information content (AvgIpc) is 2.85. The van der Waals surface area contributed by atoms with E-state index in [9.17, 15) is 14.4 Å². The van der Waals surface area contributed by atoms with Gasteiger partial charge in [0.1, 0.15) is 18.0 Å². The molecule has 0 saturated heterocycles. The zero-order valence-electron chi connectivity index (χ0n) is 11.2. The normalized spacial score (nSPS) is 9.86. The Morgan fingerprint density at radius 1 is 1.36 bits per heavy atom. The predicted octanol–water partition coefficient (Wildman–Crippen LogP) is 2.49. The van der Waals surface area contributed by atoms with Crippen molar-refractivity contribution in [2.75, 3.05) is 12.8 Å². The molecule has 22 heavy (non-hydrogen) atoms. The highest BCUT2D eigenvalue weighted by Gasteiger charge is 2.23. The number of nitrogens with zero attached hydrogens (tertiary/aromatic N) is 3. The Bertz CT molecular complexity index is 861. The lowest BCUT2D eigenvalue weighted by atomic mass is 10.2. The molecule has 0 unspecified atom stereocenters. The number of hydrogen-bond acceptors (Lipinski definition) is 5. The van der Waals surface area contributed by atoms with Crippen molar-refractivity contribution in [2.45, 2.75) is 0 Å². The zero-order chi connectivity index (χ0) is 16.4. The summed E-state index contributed by atoms with van der Waals surface area (Å²) >= 11 is 2.98. The minimum absolute atomic E-state index is 0.0209. The molecular weight excluding hydrogens is 355 g/mol. The third kappa shape index (κ3) is 2.41. The number of halogens is 2. The second kappa shape index (κ2) is 5.88. The van der Waals surface area contributed by atoms with E-state index in [0.717, 1.165) is 13.2 Å². The van der Waals surface area contributed by atoms with Gasteiger partial charge in [0.05, 0.1) is 34.1 Å². The van der Waals surface area contributed by atoms with Crippen LogP contribution in [0.5, 0.6) is 0 Å². The molecule has 0 spiro atoms. The summed E-state index contributed by atoms with van der Waals surface area (Å²) in [5.41, 5.74) is 5.72. The van der Waals surface area contributed by atoms with Crippen molar-refractivity contribution in [3.8, 4) is 17.8 Å². The first-order valence-electron chi connectivity index (χ1n) is 5.83. The lowest BCUT2D eigenvalue weighted by molar-refractivity contribution is 0.0593. The molecular formula is C14H8BrFN4O2. The fourth-order valence-electron chi connectivity index (χ4n) is 1.93. The van der Waals surface area contributed by atoms with E-state index in [1.165, 1.54) is 16.8 Å². The minimum atomic E-state index is -0.800. The number of ether oxygens (including phenoxy) is 1. The van der Waals surface area contributed by atoms with Crippen molar-refractivity contribution < 1.29 is 13.9 Å². The molecule has 0 aliphatic carbocycles. The van der Waals surface area contributed by atoms with Gasteiger partial charge in [-0.2, -0.15) is 10.5 Å². The number of esters is 1. The van der Waals surface area contributed by atoms with Gasteiger partial charge in [-0.15, -0.1) is 0 Å². The van der Waals surface area contributed by atoms with Crippen molar-refractivity contribution in [2.24, 2.45) is 0 Å². The smallest absolute Gasteiger partial charge is 0.357 e. The fraction of sp³-hybridized carbons (Fsp3) is 0.0714. The molecule has 0 atom stereocenters. The third-order valence-electron chi connectivity index (χ3n) is 2.96. The van der Waals surface area contributed by atoms with Crippen LogP contribution >= 0.6 is 15.9 Å². The molecule has 8 heteroatoms. The van der Waals surface area contributed by atoms with Gasteiger partial charge in [-0.1, -0.05) is 0 Å². The van der Waals surface area contributed by atoms with E-state index in [1.807, 2.05) is 12.1 Å². The van der Waals surface area contributed by atoms with Gasteiger partial charge < -0.3 is 15.0 Å². The van der Waals surface area contributed by atoms with Crippen LogP contribution in [0.3, 0.4) is 0 Å². The summed E-state index contributed by atoms with van der Waals surface area (Å²) in [6.45, 7) is 0. The summed E-state index contributed by atoms with van der Waals surface area (Å²) in [5, 5.41) is 18.2.